The fourth-order valence-electron chi connectivity index (χ4n) is 1.90. The quantitative estimate of drug-likeness (QED) is 0.620. The van der Waals surface area contributed by atoms with Crippen molar-refractivity contribution in [3.8, 4) is 0 Å². The van der Waals surface area contributed by atoms with E-state index in [1.165, 1.54) is 19.3 Å². The van der Waals surface area contributed by atoms with Crippen molar-refractivity contribution in [1.82, 2.24) is 15.3 Å². The molecule has 1 aliphatic heterocycles. The van der Waals surface area contributed by atoms with Crippen LogP contribution >= 0.6 is 11.8 Å². The Balaban J connectivity index is 1.96. The highest BCUT2D eigenvalue weighted by atomic mass is 32.2. The van der Waals surface area contributed by atoms with E-state index in [4.69, 9.17) is 0 Å². The predicted molar refractivity (Wildman–Crippen MR) is 67.9 cm³/mol. The summed E-state index contributed by atoms with van der Waals surface area (Å²) >= 11 is 1.65. The van der Waals surface area contributed by atoms with Gasteiger partial charge in [-0.1, -0.05) is 0 Å². The third-order valence-electron chi connectivity index (χ3n) is 2.78. The number of hydrogen-bond donors (Lipinski definition) is 2. The first-order valence-electron chi connectivity index (χ1n) is 5.72. The molecule has 0 aliphatic carbocycles. The van der Waals surface area contributed by atoms with E-state index < -0.39 is 0 Å². The summed E-state index contributed by atoms with van der Waals surface area (Å²) in [6.45, 7) is 2.23. The Labute approximate surface area is 101 Å². The molecule has 1 aromatic heterocycles. The van der Waals surface area contributed by atoms with Gasteiger partial charge in [-0.05, 0) is 38.6 Å². The second kappa shape index (κ2) is 6.06. The number of anilines is 1. The number of nitrogens with zero attached hydrogens (tertiary/aromatic N) is 2. The second-order valence-corrected chi connectivity index (χ2v) is 4.79. The Morgan fingerprint density at radius 2 is 2.31 bits per heavy atom. The number of nitrogens with one attached hydrogen (secondary N) is 2. The minimum atomic E-state index is 0.541. The van der Waals surface area contributed by atoms with Crippen molar-refractivity contribution >= 4 is 17.6 Å². The first-order chi connectivity index (χ1) is 7.88. The Morgan fingerprint density at radius 3 is 3.19 bits per heavy atom. The van der Waals surface area contributed by atoms with Gasteiger partial charge in [-0.3, -0.25) is 0 Å². The molecule has 0 amide bonds. The van der Waals surface area contributed by atoms with Gasteiger partial charge in [0, 0.05) is 12.1 Å². The Bertz CT molecular complexity index is 324. The molecule has 1 aliphatic rings. The smallest absolute Gasteiger partial charge is 0.130 e. The zero-order chi connectivity index (χ0) is 11.2. The molecule has 1 saturated heterocycles. The van der Waals surface area contributed by atoms with E-state index >= 15 is 0 Å². The first-order valence-corrected chi connectivity index (χ1v) is 6.94. The van der Waals surface area contributed by atoms with Crippen LogP contribution in [-0.2, 0) is 0 Å². The topological polar surface area (TPSA) is 49.8 Å². The first kappa shape index (κ1) is 11.7. The summed E-state index contributed by atoms with van der Waals surface area (Å²) in [7, 11) is 0. The summed E-state index contributed by atoms with van der Waals surface area (Å²) in [5.41, 5.74) is 0. The molecular formula is C11H18N4S. The third kappa shape index (κ3) is 3.35. The fraction of sp³-hybridized carbons (Fsp3) is 0.636. The Kier molecular flexibility index (Phi) is 4.42. The Hall–Kier alpha value is -0.810. The van der Waals surface area contributed by atoms with E-state index in [0.29, 0.717) is 6.04 Å². The van der Waals surface area contributed by atoms with Crippen molar-refractivity contribution < 1.29 is 0 Å². The lowest BCUT2D eigenvalue weighted by atomic mass is 10.1. The van der Waals surface area contributed by atoms with Crippen molar-refractivity contribution in [2.24, 2.45) is 0 Å². The van der Waals surface area contributed by atoms with Gasteiger partial charge in [0.15, 0.2) is 0 Å². The summed E-state index contributed by atoms with van der Waals surface area (Å²) in [6.07, 6.45) is 7.27. The van der Waals surface area contributed by atoms with Gasteiger partial charge in [0.25, 0.3) is 0 Å². The van der Waals surface area contributed by atoms with Crippen LogP contribution in [0.1, 0.15) is 19.3 Å². The zero-order valence-electron chi connectivity index (χ0n) is 9.57. The van der Waals surface area contributed by atoms with Gasteiger partial charge in [0.2, 0.25) is 0 Å². The predicted octanol–water partition coefficient (Wildman–Crippen LogP) is 1.75. The normalized spacial score (nSPS) is 21.4. The largest absolute Gasteiger partial charge is 0.367 e. The lowest BCUT2D eigenvalue weighted by molar-refractivity contribution is 0.634. The zero-order valence-corrected chi connectivity index (χ0v) is 10.4. The molecule has 0 radical (unpaired) electrons. The van der Waals surface area contributed by atoms with Crippen LogP contribution in [0.5, 0.6) is 0 Å². The molecule has 4 nitrogen and oxygen atoms in total. The fourth-order valence-corrected chi connectivity index (χ4v) is 2.28. The van der Waals surface area contributed by atoms with Gasteiger partial charge in [0.05, 0.1) is 0 Å². The molecule has 1 atom stereocenters. The Morgan fingerprint density at radius 1 is 1.38 bits per heavy atom. The maximum atomic E-state index is 4.26. The summed E-state index contributed by atoms with van der Waals surface area (Å²) in [5.74, 6) is 0.950. The molecule has 5 heteroatoms. The molecule has 2 rings (SSSR count). The van der Waals surface area contributed by atoms with E-state index in [1.54, 1.807) is 18.1 Å². The van der Waals surface area contributed by atoms with Crippen LogP contribution in [0.4, 0.5) is 5.82 Å². The molecule has 2 heterocycles. The van der Waals surface area contributed by atoms with Crippen molar-refractivity contribution in [1.29, 1.82) is 0 Å². The van der Waals surface area contributed by atoms with Crippen molar-refractivity contribution in [3.05, 3.63) is 12.4 Å². The molecular weight excluding hydrogens is 220 g/mol. The average Bonchev–Trinajstić information content (AvgIpc) is 2.58. The van der Waals surface area contributed by atoms with Crippen LogP contribution < -0.4 is 10.6 Å². The van der Waals surface area contributed by atoms with Crippen LogP contribution in [0, 0.1) is 0 Å². The van der Waals surface area contributed by atoms with Crippen LogP contribution in [0.3, 0.4) is 0 Å². The molecule has 1 fully saturated rings. The van der Waals surface area contributed by atoms with Gasteiger partial charge in [-0.25, -0.2) is 9.97 Å². The second-order valence-electron chi connectivity index (χ2n) is 3.97. The minimum absolute atomic E-state index is 0.541. The summed E-state index contributed by atoms with van der Waals surface area (Å²) in [5, 5.41) is 7.92. The number of rotatable bonds is 3. The van der Waals surface area contributed by atoms with Crippen LogP contribution in [0.2, 0.25) is 0 Å². The monoisotopic (exact) mass is 238 g/mol. The maximum Gasteiger partial charge on any atom is 0.130 e. The van der Waals surface area contributed by atoms with Gasteiger partial charge in [0.1, 0.15) is 17.2 Å². The molecule has 2 N–H and O–H groups in total. The molecule has 0 spiro atoms. The number of thioether (sulfide) groups is 1. The van der Waals surface area contributed by atoms with E-state index in [9.17, 15) is 0 Å². The van der Waals surface area contributed by atoms with Crippen molar-refractivity contribution in [3.63, 3.8) is 0 Å². The average molecular weight is 238 g/mol. The standard InChI is InChI=1S/C11H18N4S/c1-16-11-7-10(13-8-14-11)15-9-3-2-5-12-6-4-9/h7-9,12H,2-6H2,1H3,(H,13,14,15). The lowest BCUT2D eigenvalue weighted by Crippen LogP contribution is -2.22. The molecule has 88 valence electrons. The van der Waals surface area contributed by atoms with Gasteiger partial charge in [-0.15, -0.1) is 11.8 Å². The van der Waals surface area contributed by atoms with E-state index in [2.05, 4.69) is 20.6 Å². The molecule has 0 bridgehead atoms. The molecule has 1 aromatic rings. The van der Waals surface area contributed by atoms with Crippen molar-refractivity contribution in [2.45, 2.75) is 30.3 Å². The number of hydrogen-bond acceptors (Lipinski definition) is 5. The van der Waals surface area contributed by atoms with E-state index in [0.717, 1.165) is 23.9 Å². The van der Waals surface area contributed by atoms with Crippen LogP contribution in [-0.4, -0.2) is 35.4 Å². The third-order valence-corrected chi connectivity index (χ3v) is 3.42. The van der Waals surface area contributed by atoms with Gasteiger partial charge in [-0.2, -0.15) is 0 Å². The summed E-state index contributed by atoms with van der Waals surface area (Å²) < 4.78 is 0. The number of aromatic nitrogens is 2. The van der Waals surface area contributed by atoms with Gasteiger partial charge >= 0.3 is 0 Å². The lowest BCUT2D eigenvalue weighted by Gasteiger charge is -2.16. The van der Waals surface area contributed by atoms with Gasteiger partial charge < -0.3 is 10.6 Å². The highest BCUT2D eigenvalue weighted by Gasteiger charge is 2.12. The highest BCUT2D eigenvalue weighted by Crippen LogP contribution is 2.16. The SMILES string of the molecule is CSc1cc(NC2CCCNCC2)ncn1. The minimum Gasteiger partial charge on any atom is -0.367 e. The maximum absolute atomic E-state index is 4.26. The van der Waals surface area contributed by atoms with Crippen molar-refractivity contribution in [2.75, 3.05) is 24.7 Å². The molecule has 0 aromatic carbocycles. The highest BCUT2D eigenvalue weighted by molar-refractivity contribution is 7.98. The molecule has 1 unspecified atom stereocenters. The summed E-state index contributed by atoms with van der Waals surface area (Å²) in [6, 6.07) is 2.56. The van der Waals surface area contributed by atoms with E-state index in [-0.39, 0.29) is 0 Å². The summed E-state index contributed by atoms with van der Waals surface area (Å²) in [4.78, 5) is 8.43. The van der Waals surface area contributed by atoms with Crippen LogP contribution in [0.25, 0.3) is 0 Å². The van der Waals surface area contributed by atoms with Crippen LogP contribution in [0.15, 0.2) is 17.4 Å². The molecule has 16 heavy (non-hydrogen) atoms. The molecule has 0 saturated carbocycles. The van der Waals surface area contributed by atoms with E-state index in [1.807, 2.05) is 12.3 Å².